The number of carbonyl (C=O) groups is 1. The fraction of sp³-hybridized carbons (Fsp3) is 0.389. The maximum absolute atomic E-state index is 12.4. The number of nitrogens with zero attached hydrogens (tertiary/aromatic N) is 2. The van der Waals surface area contributed by atoms with Crippen LogP contribution >= 0.6 is 0 Å². The fourth-order valence-electron chi connectivity index (χ4n) is 2.83. The minimum absolute atomic E-state index is 0.211. The Kier molecular flexibility index (Phi) is 5.38. The summed E-state index contributed by atoms with van der Waals surface area (Å²) in [6.07, 6.45) is 3.32. The van der Waals surface area contributed by atoms with Gasteiger partial charge in [-0.1, -0.05) is 18.2 Å². The Balaban J connectivity index is 1.66. The molecule has 24 heavy (non-hydrogen) atoms. The topological polar surface area (TPSA) is 73.3 Å². The molecule has 6 nitrogen and oxygen atoms in total. The van der Waals surface area contributed by atoms with Crippen molar-refractivity contribution in [3.05, 3.63) is 53.6 Å². The smallest absolute Gasteiger partial charge is 0.270 e. The van der Waals surface area contributed by atoms with Crippen LogP contribution in [0.1, 0.15) is 40.5 Å². The second-order valence-electron chi connectivity index (χ2n) is 5.71. The van der Waals surface area contributed by atoms with Crippen LogP contribution in [0.3, 0.4) is 0 Å². The molecule has 1 fully saturated rings. The maximum atomic E-state index is 12.4. The molecule has 1 amide bonds. The van der Waals surface area contributed by atoms with Crippen LogP contribution in [0.4, 0.5) is 0 Å². The summed E-state index contributed by atoms with van der Waals surface area (Å²) in [7, 11) is 1.62. The average Bonchev–Trinajstić information content (AvgIpc) is 2.67. The van der Waals surface area contributed by atoms with Crippen LogP contribution in [-0.4, -0.2) is 36.2 Å². The molecule has 0 radical (unpaired) electrons. The normalized spacial score (nSPS) is 15.0. The minimum Gasteiger partial charge on any atom is -0.496 e. The SMILES string of the molecule is COc1ccccc1CNC(=O)c1cc(C2CCOCC2)ncn1. The zero-order valence-electron chi connectivity index (χ0n) is 13.7. The summed E-state index contributed by atoms with van der Waals surface area (Å²) >= 11 is 0. The molecular weight excluding hydrogens is 306 g/mol. The van der Waals surface area contributed by atoms with E-state index in [1.54, 1.807) is 13.2 Å². The molecule has 1 aliphatic rings. The summed E-state index contributed by atoms with van der Waals surface area (Å²) < 4.78 is 10.7. The number of hydrogen-bond acceptors (Lipinski definition) is 5. The van der Waals surface area contributed by atoms with Gasteiger partial charge in [0.2, 0.25) is 0 Å². The maximum Gasteiger partial charge on any atom is 0.270 e. The van der Waals surface area contributed by atoms with Crippen LogP contribution in [0, 0.1) is 0 Å². The van der Waals surface area contributed by atoms with Crippen LogP contribution in [0.25, 0.3) is 0 Å². The highest BCUT2D eigenvalue weighted by molar-refractivity contribution is 5.92. The average molecular weight is 327 g/mol. The van der Waals surface area contributed by atoms with Gasteiger partial charge in [-0.15, -0.1) is 0 Å². The van der Waals surface area contributed by atoms with Crippen molar-refractivity contribution >= 4 is 5.91 Å². The molecule has 126 valence electrons. The lowest BCUT2D eigenvalue weighted by molar-refractivity contribution is 0.0844. The number of amides is 1. The van der Waals surface area contributed by atoms with Gasteiger partial charge in [0.05, 0.1) is 7.11 Å². The van der Waals surface area contributed by atoms with E-state index in [1.807, 2.05) is 24.3 Å². The molecule has 2 heterocycles. The predicted octanol–water partition coefficient (Wildman–Crippen LogP) is 2.31. The first-order valence-electron chi connectivity index (χ1n) is 8.07. The molecule has 3 rings (SSSR count). The van der Waals surface area contributed by atoms with E-state index < -0.39 is 0 Å². The van der Waals surface area contributed by atoms with Crippen molar-refractivity contribution in [1.82, 2.24) is 15.3 Å². The molecule has 0 spiro atoms. The van der Waals surface area contributed by atoms with Gasteiger partial charge in [-0.05, 0) is 25.0 Å². The highest BCUT2D eigenvalue weighted by atomic mass is 16.5. The van der Waals surface area contributed by atoms with Crippen molar-refractivity contribution in [2.45, 2.75) is 25.3 Å². The van der Waals surface area contributed by atoms with Crippen LogP contribution < -0.4 is 10.1 Å². The molecule has 0 atom stereocenters. The number of aromatic nitrogens is 2. The zero-order chi connectivity index (χ0) is 16.8. The molecule has 1 N–H and O–H groups in total. The Labute approximate surface area is 141 Å². The van der Waals surface area contributed by atoms with E-state index in [0.717, 1.165) is 43.1 Å². The van der Waals surface area contributed by atoms with Gasteiger partial charge in [0.25, 0.3) is 5.91 Å². The summed E-state index contributed by atoms with van der Waals surface area (Å²) in [5.41, 5.74) is 2.23. The number of nitrogens with one attached hydrogen (secondary N) is 1. The number of hydrogen-bond donors (Lipinski definition) is 1. The lowest BCUT2D eigenvalue weighted by atomic mass is 9.96. The minimum atomic E-state index is -0.211. The monoisotopic (exact) mass is 327 g/mol. The Hall–Kier alpha value is -2.47. The lowest BCUT2D eigenvalue weighted by Crippen LogP contribution is -2.25. The third-order valence-electron chi connectivity index (χ3n) is 4.19. The largest absolute Gasteiger partial charge is 0.496 e. The first-order valence-corrected chi connectivity index (χ1v) is 8.07. The van der Waals surface area contributed by atoms with Crippen molar-refractivity contribution in [3.63, 3.8) is 0 Å². The Morgan fingerprint density at radius 2 is 2.08 bits per heavy atom. The lowest BCUT2D eigenvalue weighted by Gasteiger charge is -2.21. The van der Waals surface area contributed by atoms with Gasteiger partial charge in [-0.2, -0.15) is 0 Å². The van der Waals surface area contributed by atoms with E-state index >= 15 is 0 Å². The first-order chi connectivity index (χ1) is 11.8. The highest BCUT2D eigenvalue weighted by Gasteiger charge is 2.19. The number of benzene rings is 1. The standard InChI is InChI=1S/C18H21N3O3/c1-23-17-5-3-2-4-14(17)11-19-18(22)16-10-15(20-12-21-16)13-6-8-24-9-7-13/h2-5,10,12-13H,6-9,11H2,1H3,(H,19,22). The quantitative estimate of drug-likeness (QED) is 0.912. The van der Waals surface area contributed by atoms with Gasteiger partial charge < -0.3 is 14.8 Å². The third kappa shape index (κ3) is 3.89. The molecule has 1 aromatic heterocycles. The summed E-state index contributed by atoms with van der Waals surface area (Å²) in [6.45, 7) is 1.87. The molecule has 2 aromatic rings. The van der Waals surface area contributed by atoms with Gasteiger partial charge in [0.15, 0.2) is 0 Å². The van der Waals surface area contributed by atoms with Crippen molar-refractivity contribution in [1.29, 1.82) is 0 Å². The Bertz CT molecular complexity index is 699. The molecular formula is C18H21N3O3. The van der Waals surface area contributed by atoms with Crippen LogP contribution in [0.5, 0.6) is 5.75 Å². The number of para-hydroxylation sites is 1. The first kappa shape index (κ1) is 16.4. The van der Waals surface area contributed by atoms with Crippen molar-refractivity contribution < 1.29 is 14.3 Å². The number of carbonyl (C=O) groups excluding carboxylic acids is 1. The van der Waals surface area contributed by atoms with E-state index in [9.17, 15) is 4.79 Å². The van der Waals surface area contributed by atoms with Gasteiger partial charge in [-0.25, -0.2) is 9.97 Å². The van der Waals surface area contributed by atoms with Gasteiger partial charge in [0.1, 0.15) is 17.8 Å². The second-order valence-corrected chi connectivity index (χ2v) is 5.71. The second kappa shape index (κ2) is 7.88. The molecule has 0 saturated carbocycles. The number of ether oxygens (including phenoxy) is 2. The van der Waals surface area contributed by atoms with E-state index in [0.29, 0.717) is 18.2 Å². The summed E-state index contributed by atoms with van der Waals surface area (Å²) in [5.74, 6) is 0.877. The summed E-state index contributed by atoms with van der Waals surface area (Å²) in [5, 5.41) is 2.89. The zero-order valence-corrected chi connectivity index (χ0v) is 13.7. The number of methoxy groups -OCH3 is 1. The Morgan fingerprint density at radius 3 is 2.88 bits per heavy atom. The predicted molar refractivity (Wildman–Crippen MR) is 89.0 cm³/mol. The molecule has 1 aromatic carbocycles. The van der Waals surface area contributed by atoms with Gasteiger partial charge in [0, 0.05) is 36.9 Å². The van der Waals surface area contributed by atoms with E-state index in [-0.39, 0.29) is 5.91 Å². The third-order valence-corrected chi connectivity index (χ3v) is 4.19. The van der Waals surface area contributed by atoms with E-state index in [1.165, 1.54) is 6.33 Å². The van der Waals surface area contributed by atoms with Crippen molar-refractivity contribution in [3.8, 4) is 5.75 Å². The van der Waals surface area contributed by atoms with Gasteiger partial charge >= 0.3 is 0 Å². The molecule has 0 unspecified atom stereocenters. The van der Waals surface area contributed by atoms with E-state index in [2.05, 4.69) is 15.3 Å². The molecule has 1 aliphatic heterocycles. The van der Waals surface area contributed by atoms with Crippen LogP contribution in [-0.2, 0) is 11.3 Å². The van der Waals surface area contributed by atoms with Crippen LogP contribution in [0.15, 0.2) is 36.7 Å². The summed E-state index contributed by atoms with van der Waals surface area (Å²) in [4.78, 5) is 20.8. The number of rotatable bonds is 5. The molecule has 0 aliphatic carbocycles. The Morgan fingerprint density at radius 1 is 1.29 bits per heavy atom. The van der Waals surface area contributed by atoms with Gasteiger partial charge in [-0.3, -0.25) is 4.79 Å². The van der Waals surface area contributed by atoms with Crippen LogP contribution in [0.2, 0.25) is 0 Å². The van der Waals surface area contributed by atoms with E-state index in [4.69, 9.17) is 9.47 Å². The molecule has 6 heteroatoms. The fourth-order valence-corrected chi connectivity index (χ4v) is 2.83. The van der Waals surface area contributed by atoms with Crippen molar-refractivity contribution in [2.24, 2.45) is 0 Å². The van der Waals surface area contributed by atoms with Crippen molar-refractivity contribution in [2.75, 3.05) is 20.3 Å². The summed E-state index contributed by atoms with van der Waals surface area (Å²) in [6, 6.07) is 9.39. The molecule has 1 saturated heterocycles. The molecule has 0 bridgehead atoms. The highest BCUT2D eigenvalue weighted by Crippen LogP contribution is 2.25.